The summed E-state index contributed by atoms with van der Waals surface area (Å²) in [5.74, 6) is 0.425. The molecule has 0 atom stereocenters. The van der Waals surface area contributed by atoms with Crippen molar-refractivity contribution in [2.75, 3.05) is 18.0 Å². The van der Waals surface area contributed by atoms with E-state index in [1.54, 1.807) is 12.4 Å². The zero-order valence-electron chi connectivity index (χ0n) is 19.0. The standard InChI is InChI=1S/C23H23N9O3/c1-29-20(14-10-26-31(11-14)12-18(33)34)28-19-21(29)24-13-25-22(19)30-8-6-15(7-9-30)32-17-5-3-2-4-16(17)27-23(32)35/h2-5,10-11,13,15H,6-9,12H2,1H3,(H,27,35)(H,33,34). The summed E-state index contributed by atoms with van der Waals surface area (Å²) in [6.45, 7) is 1.24. The summed E-state index contributed by atoms with van der Waals surface area (Å²) < 4.78 is 5.10. The number of nitrogens with one attached hydrogen (secondary N) is 1. The van der Waals surface area contributed by atoms with Crippen LogP contribution in [-0.2, 0) is 18.4 Å². The van der Waals surface area contributed by atoms with Gasteiger partial charge in [0, 0.05) is 32.4 Å². The second-order valence-corrected chi connectivity index (χ2v) is 8.72. The molecule has 12 nitrogen and oxygen atoms in total. The third-order valence-corrected chi connectivity index (χ3v) is 6.58. The van der Waals surface area contributed by atoms with Gasteiger partial charge in [0.1, 0.15) is 18.7 Å². The molecule has 0 radical (unpaired) electrons. The second-order valence-electron chi connectivity index (χ2n) is 8.72. The normalized spacial score (nSPS) is 14.8. The van der Waals surface area contributed by atoms with E-state index < -0.39 is 5.97 Å². The molecule has 0 unspecified atom stereocenters. The van der Waals surface area contributed by atoms with E-state index in [0.29, 0.717) is 22.6 Å². The molecular weight excluding hydrogens is 450 g/mol. The predicted octanol–water partition coefficient (Wildman–Crippen LogP) is 1.80. The molecule has 12 heteroatoms. The lowest BCUT2D eigenvalue weighted by molar-refractivity contribution is -0.137. The number of aromatic nitrogens is 8. The summed E-state index contributed by atoms with van der Waals surface area (Å²) in [6, 6.07) is 7.87. The number of carbonyl (C=O) groups is 1. The van der Waals surface area contributed by atoms with Crippen molar-refractivity contribution < 1.29 is 9.90 Å². The molecule has 0 spiro atoms. The maximum absolute atomic E-state index is 12.6. The lowest BCUT2D eigenvalue weighted by Gasteiger charge is -2.33. The molecule has 1 saturated heterocycles. The van der Waals surface area contributed by atoms with E-state index in [2.05, 4.69) is 25.0 Å². The Labute approximate surface area is 198 Å². The number of H-pyrrole nitrogens is 1. The number of carboxylic acid groups (broad SMARTS) is 1. The van der Waals surface area contributed by atoms with Crippen LogP contribution >= 0.6 is 0 Å². The zero-order valence-corrected chi connectivity index (χ0v) is 19.0. The minimum Gasteiger partial charge on any atom is -0.480 e. The topological polar surface area (TPSA) is 140 Å². The minimum atomic E-state index is -0.962. The van der Waals surface area contributed by atoms with Crippen molar-refractivity contribution in [3.05, 3.63) is 53.5 Å². The Balaban J connectivity index is 1.29. The van der Waals surface area contributed by atoms with Crippen LogP contribution in [0.25, 0.3) is 33.6 Å². The molecule has 35 heavy (non-hydrogen) atoms. The predicted molar refractivity (Wildman–Crippen MR) is 128 cm³/mol. The number of piperidine rings is 1. The third kappa shape index (κ3) is 3.54. The SMILES string of the molecule is Cn1c(-c2cnn(CC(=O)O)c2)nc2c(N3CCC(n4c(=O)[nH]c5ccccc54)CC3)ncnc21. The maximum atomic E-state index is 12.6. The Morgan fingerprint density at radius 1 is 1.20 bits per heavy atom. The van der Waals surface area contributed by atoms with Crippen molar-refractivity contribution in [2.45, 2.75) is 25.4 Å². The van der Waals surface area contributed by atoms with Gasteiger partial charge in [-0.1, -0.05) is 12.1 Å². The number of hydrogen-bond donors (Lipinski definition) is 2. The first kappa shape index (κ1) is 21.1. The van der Waals surface area contributed by atoms with E-state index in [-0.39, 0.29) is 18.3 Å². The van der Waals surface area contributed by atoms with E-state index in [9.17, 15) is 9.59 Å². The van der Waals surface area contributed by atoms with Crippen molar-refractivity contribution in [2.24, 2.45) is 7.05 Å². The van der Waals surface area contributed by atoms with Gasteiger partial charge in [0.25, 0.3) is 0 Å². The molecule has 0 aliphatic carbocycles. The first-order valence-corrected chi connectivity index (χ1v) is 11.4. The van der Waals surface area contributed by atoms with Crippen LogP contribution in [0.3, 0.4) is 0 Å². The largest absolute Gasteiger partial charge is 0.480 e. The number of nitrogens with zero attached hydrogens (tertiary/aromatic N) is 8. The Morgan fingerprint density at radius 3 is 2.80 bits per heavy atom. The number of anilines is 1. The molecule has 5 heterocycles. The van der Waals surface area contributed by atoms with Gasteiger partial charge in [0.15, 0.2) is 17.0 Å². The van der Waals surface area contributed by atoms with Crippen LogP contribution in [-0.4, -0.2) is 63.0 Å². The highest BCUT2D eigenvalue weighted by Gasteiger charge is 2.27. The molecule has 0 amide bonds. The molecule has 0 bridgehead atoms. The molecule has 2 N–H and O–H groups in total. The van der Waals surface area contributed by atoms with Crippen molar-refractivity contribution in [3.63, 3.8) is 0 Å². The van der Waals surface area contributed by atoms with Crippen LogP contribution in [0.15, 0.2) is 47.8 Å². The van der Waals surface area contributed by atoms with Crippen molar-refractivity contribution in [3.8, 4) is 11.4 Å². The average Bonchev–Trinajstić information content (AvgIpc) is 3.54. The number of aromatic amines is 1. The Kier molecular flexibility index (Phi) is 4.87. The Morgan fingerprint density at radius 2 is 2.00 bits per heavy atom. The molecule has 4 aromatic heterocycles. The quantitative estimate of drug-likeness (QED) is 0.394. The number of hydrogen-bond acceptors (Lipinski definition) is 7. The number of para-hydroxylation sites is 2. The lowest BCUT2D eigenvalue weighted by atomic mass is 10.0. The van der Waals surface area contributed by atoms with E-state index in [1.807, 2.05) is 40.4 Å². The van der Waals surface area contributed by atoms with Gasteiger partial charge < -0.3 is 19.6 Å². The summed E-state index contributed by atoms with van der Waals surface area (Å²) in [6.07, 6.45) is 6.39. The first-order chi connectivity index (χ1) is 17.0. The fourth-order valence-electron chi connectivity index (χ4n) is 4.95. The van der Waals surface area contributed by atoms with Crippen LogP contribution in [0.5, 0.6) is 0 Å². The Hall–Kier alpha value is -4.48. The van der Waals surface area contributed by atoms with Gasteiger partial charge in [-0.15, -0.1) is 0 Å². The fourth-order valence-corrected chi connectivity index (χ4v) is 4.95. The highest BCUT2D eigenvalue weighted by molar-refractivity contribution is 5.86. The van der Waals surface area contributed by atoms with Crippen LogP contribution < -0.4 is 10.6 Å². The smallest absolute Gasteiger partial charge is 0.326 e. The first-order valence-electron chi connectivity index (χ1n) is 11.4. The van der Waals surface area contributed by atoms with Crippen LogP contribution in [0, 0.1) is 0 Å². The van der Waals surface area contributed by atoms with Gasteiger partial charge >= 0.3 is 11.7 Å². The molecule has 1 aliphatic rings. The average molecular weight is 473 g/mol. The number of aliphatic carboxylic acids is 1. The van der Waals surface area contributed by atoms with E-state index in [0.717, 1.165) is 42.8 Å². The summed E-state index contributed by atoms with van der Waals surface area (Å²) in [4.78, 5) is 42.5. The van der Waals surface area contributed by atoms with E-state index in [4.69, 9.17) is 10.1 Å². The molecule has 1 fully saturated rings. The minimum absolute atomic E-state index is 0.0770. The summed E-state index contributed by atoms with van der Waals surface area (Å²) >= 11 is 0. The van der Waals surface area contributed by atoms with Crippen molar-refractivity contribution in [1.82, 2.24) is 38.9 Å². The molecule has 178 valence electrons. The summed E-state index contributed by atoms with van der Waals surface area (Å²) in [5, 5.41) is 13.1. The van der Waals surface area contributed by atoms with Crippen LogP contribution in [0.2, 0.25) is 0 Å². The molecule has 5 aromatic rings. The zero-order chi connectivity index (χ0) is 24.1. The number of carboxylic acids is 1. The van der Waals surface area contributed by atoms with Crippen LogP contribution in [0.1, 0.15) is 18.9 Å². The molecular formula is C23H23N9O3. The van der Waals surface area contributed by atoms with Gasteiger partial charge in [-0.2, -0.15) is 5.10 Å². The van der Waals surface area contributed by atoms with E-state index >= 15 is 0 Å². The molecule has 1 aliphatic heterocycles. The van der Waals surface area contributed by atoms with Gasteiger partial charge in [-0.25, -0.2) is 19.7 Å². The third-order valence-electron chi connectivity index (χ3n) is 6.58. The number of fused-ring (bicyclic) bond motifs is 2. The number of aryl methyl sites for hydroxylation is 1. The van der Waals surface area contributed by atoms with Crippen LogP contribution in [0.4, 0.5) is 5.82 Å². The van der Waals surface area contributed by atoms with Gasteiger partial charge in [0.2, 0.25) is 0 Å². The number of benzene rings is 1. The summed E-state index contributed by atoms with van der Waals surface area (Å²) in [7, 11) is 1.87. The lowest BCUT2D eigenvalue weighted by Crippen LogP contribution is -2.37. The highest BCUT2D eigenvalue weighted by atomic mass is 16.4. The summed E-state index contributed by atoms with van der Waals surface area (Å²) in [5.41, 5.74) is 3.77. The molecule has 1 aromatic carbocycles. The second kappa shape index (κ2) is 8.08. The maximum Gasteiger partial charge on any atom is 0.326 e. The molecule has 6 rings (SSSR count). The van der Waals surface area contributed by atoms with Gasteiger partial charge in [-0.3, -0.25) is 14.0 Å². The molecule has 0 saturated carbocycles. The van der Waals surface area contributed by atoms with Gasteiger partial charge in [0.05, 0.1) is 22.8 Å². The number of imidazole rings is 2. The van der Waals surface area contributed by atoms with Crippen molar-refractivity contribution >= 4 is 34.0 Å². The highest BCUT2D eigenvalue weighted by Crippen LogP contribution is 2.31. The van der Waals surface area contributed by atoms with E-state index in [1.165, 1.54) is 11.0 Å². The fraction of sp³-hybridized carbons (Fsp3) is 0.304. The van der Waals surface area contributed by atoms with Crippen molar-refractivity contribution in [1.29, 1.82) is 0 Å². The number of rotatable bonds is 5. The monoisotopic (exact) mass is 473 g/mol. The van der Waals surface area contributed by atoms with Gasteiger partial charge in [-0.05, 0) is 25.0 Å². The Bertz CT molecular complexity index is 1620.